The van der Waals surface area contributed by atoms with Gasteiger partial charge in [-0.1, -0.05) is 41.4 Å². The van der Waals surface area contributed by atoms with E-state index in [-0.39, 0.29) is 10.3 Å². The molecule has 0 unspecified atom stereocenters. The van der Waals surface area contributed by atoms with E-state index in [4.69, 9.17) is 23.2 Å². The molecule has 0 radical (unpaired) electrons. The van der Waals surface area contributed by atoms with Crippen LogP contribution in [-0.2, 0) is 5.75 Å². The highest BCUT2D eigenvalue weighted by Crippen LogP contribution is 2.26. The van der Waals surface area contributed by atoms with Crippen molar-refractivity contribution in [1.29, 1.82) is 0 Å². The zero-order valence-corrected chi connectivity index (χ0v) is 11.8. The van der Waals surface area contributed by atoms with Gasteiger partial charge < -0.3 is 0 Å². The van der Waals surface area contributed by atoms with E-state index in [1.54, 1.807) is 11.8 Å². The van der Waals surface area contributed by atoms with Gasteiger partial charge in [0.2, 0.25) is 0 Å². The molecule has 0 saturated carbocycles. The van der Waals surface area contributed by atoms with Crippen molar-refractivity contribution in [2.24, 2.45) is 0 Å². The van der Waals surface area contributed by atoms with Gasteiger partial charge in [-0.25, -0.2) is 14.4 Å². The largest absolute Gasteiger partial charge is 0.217 e. The Bertz CT molecular complexity index is 555. The van der Waals surface area contributed by atoms with Crippen LogP contribution < -0.4 is 0 Å². The van der Waals surface area contributed by atoms with Gasteiger partial charge in [-0.05, 0) is 18.6 Å². The molecule has 0 saturated heterocycles. The molecule has 1 heterocycles. The summed E-state index contributed by atoms with van der Waals surface area (Å²) in [6.07, 6.45) is 0. The third-order valence-corrected chi connectivity index (χ3v) is 3.94. The van der Waals surface area contributed by atoms with E-state index >= 15 is 0 Å². The predicted molar refractivity (Wildman–Crippen MR) is 72.8 cm³/mol. The second kappa shape index (κ2) is 5.87. The van der Waals surface area contributed by atoms with Gasteiger partial charge in [0.1, 0.15) is 5.82 Å². The van der Waals surface area contributed by atoms with Crippen LogP contribution >= 0.6 is 35.0 Å². The lowest BCUT2D eigenvalue weighted by Gasteiger charge is -2.05. The molecule has 0 spiro atoms. The highest BCUT2D eigenvalue weighted by molar-refractivity contribution is 7.98. The maximum atomic E-state index is 13.1. The Morgan fingerprint density at radius 1 is 1.17 bits per heavy atom. The second-order valence-corrected chi connectivity index (χ2v) is 5.32. The topological polar surface area (TPSA) is 25.8 Å². The number of thioether (sulfide) groups is 1. The number of benzene rings is 1. The Morgan fingerprint density at radius 2 is 1.78 bits per heavy atom. The van der Waals surface area contributed by atoms with Crippen LogP contribution in [0.1, 0.15) is 11.4 Å². The van der Waals surface area contributed by atoms with Gasteiger partial charge in [0.05, 0.1) is 5.75 Å². The number of hydrogen-bond donors (Lipinski definition) is 0. The fourth-order valence-electron chi connectivity index (χ4n) is 1.36. The Kier molecular flexibility index (Phi) is 4.43. The molecule has 0 bridgehead atoms. The van der Waals surface area contributed by atoms with Gasteiger partial charge >= 0.3 is 0 Å². The molecule has 0 atom stereocenters. The molecule has 18 heavy (non-hydrogen) atoms. The first-order valence-electron chi connectivity index (χ1n) is 5.14. The standard InChI is InChI=1S/C12H9Cl2FN2S/c1-7-4-2-3-5-8(7)18-6-9-16-11(13)10(15)12(14)17-9/h2-5H,6H2,1H3. The summed E-state index contributed by atoms with van der Waals surface area (Å²) in [7, 11) is 0. The van der Waals surface area contributed by atoms with E-state index in [1.807, 2.05) is 31.2 Å². The smallest absolute Gasteiger partial charge is 0.197 e. The number of aromatic nitrogens is 2. The van der Waals surface area contributed by atoms with Gasteiger partial charge in [-0.15, -0.1) is 11.8 Å². The molecular weight excluding hydrogens is 294 g/mol. The molecule has 0 aliphatic rings. The Balaban J connectivity index is 2.14. The molecule has 2 aromatic rings. The van der Waals surface area contributed by atoms with Crippen LogP contribution in [0.4, 0.5) is 4.39 Å². The van der Waals surface area contributed by atoms with Crippen LogP contribution in [0.3, 0.4) is 0 Å². The van der Waals surface area contributed by atoms with E-state index in [2.05, 4.69) is 9.97 Å². The van der Waals surface area contributed by atoms with E-state index in [0.29, 0.717) is 11.6 Å². The van der Waals surface area contributed by atoms with Gasteiger partial charge in [0.15, 0.2) is 16.1 Å². The first-order chi connectivity index (χ1) is 8.58. The first kappa shape index (κ1) is 13.6. The number of nitrogens with zero attached hydrogens (tertiary/aromatic N) is 2. The molecule has 0 aliphatic carbocycles. The summed E-state index contributed by atoms with van der Waals surface area (Å²) in [5.41, 5.74) is 1.17. The molecule has 1 aromatic carbocycles. The number of hydrogen-bond acceptors (Lipinski definition) is 3. The molecule has 0 N–H and O–H groups in total. The SMILES string of the molecule is Cc1ccccc1SCc1nc(Cl)c(F)c(Cl)n1. The van der Waals surface area contributed by atoms with Crippen LogP contribution in [0.2, 0.25) is 10.3 Å². The average Bonchev–Trinajstić information content (AvgIpc) is 2.35. The molecule has 2 rings (SSSR count). The Morgan fingerprint density at radius 3 is 2.39 bits per heavy atom. The van der Waals surface area contributed by atoms with Gasteiger partial charge in [0.25, 0.3) is 0 Å². The van der Waals surface area contributed by atoms with E-state index in [9.17, 15) is 4.39 Å². The summed E-state index contributed by atoms with van der Waals surface area (Å²) in [5, 5.41) is -0.481. The molecule has 94 valence electrons. The third kappa shape index (κ3) is 3.13. The van der Waals surface area contributed by atoms with E-state index in [0.717, 1.165) is 4.90 Å². The van der Waals surface area contributed by atoms with E-state index < -0.39 is 5.82 Å². The van der Waals surface area contributed by atoms with Crippen LogP contribution in [0.5, 0.6) is 0 Å². The lowest BCUT2D eigenvalue weighted by molar-refractivity contribution is 0.612. The highest BCUT2D eigenvalue weighted by atomic mass is 35.5. The third-order valence-electron chi connectivity index (χ3n) is 2.27. The summed E-state index contributed by atoms with van der Waals surface area (Å²) in [4.78, 5) is 8.83. The summed E-state index contributed by atoms with van der Waals surface area (Å²) in [6.45, 7) is 2.02. The number of halogens is 3. The maximum absolute atomic E-state index is 13.1. The van der Waals surface area contributed by atoms with E-state index in [1.165, 1.54) is 5.56 Å². The normalized spacial score (nSPS) is 10.7. The van der Waals surface area contributed by atoms with Crippen LogP contribution in [0, 0.1) is 12.7 Å². The van der Waals surface area contributed by atoms with Crippen LogP contribution in [-0.4, -0.2) is 9.97 Å². The maximum Gasteiger partial charge on any atom is 0.197 e. The van der Waals surface area contributed by atoms with Gasteiger partial charge in [-0.2, -0.15) is 0 Å². The number of rotatable bonds is 3. The fourth-order valence-corrected chi connectivity index (χ4v) is 2.67. The summed E-state index contributed by atoms with van der Waals surface area (Å²) < 4.78 is 13.1. The highest BCUT2D eigenvalue weighted by Gasteiger charge is 2.11. The summed E-state index contributed by atoms with van der Waals surface area (Å²) in [6, 6.07) is 7.96. The Labute approximate surface area is 119 Å². The molecule has 0 aliphatic heterocycles. The van der Waals surface area contributed by atoms with Gasteiger partial charge in [0, 0.05) is 4.90 Å². The number of aryl methyl sites for hydroxylation is 1. The first-order valence-corrected chi connectivity index (χ1v) is 6.88. The van der Waals surface area contributed by atoms with Crippen molar-refractivity contribution >= 4 is 35.0 Å². The molecule has 2 nitrogen and oxygen atoms in total. The molecule has 1 aromatic heterocycles. The molecule has 0 amide bonds. The van der Waals surface area contributed by atoms with Crippen LogP contribution in [0.25, 0.3) is 0 Å². The summed E-state index contributed by atoms with van der Waals surface area (Å²) in [5.74, 6) is 0.132. The monoisotopic (exact) mass is 302 g/mol. The van der Waals surface area contributed by atoms with Crippen molar-refractivity contribution < 1.29 is 4.39 Å². The van der Waals surface area contributed by atoms with Crippen molar-refractivity contribution in [2.45, 2.75) is 17.6 Å². The second-order valence-electron chi connectivity index (χ2n) is 3.59. The quantitative estimate of drug-likeness (QED) is 0.615. The molecule has 6 heteroatoms. The molecular formula is C12H9Cl2FN2S. The zero-order chi connectivity index (χ0) is 13.1. The van der Waals surface area contributed by atoms with Crippen molar-refractivity contribution in [2.75, 3.05) is 0 Å². The average molecular weight is 303 g/mol. The summed E-state index contributed by atoms with van der Waals surface area (Å²) >= 11 is 12.8. The molecule has 0 fully saturated rings. The van der Waals surface area contributed by atoms with Crippen molar-refractivity contribution in [3.8, 4) is 0 Å². The minimum atomic E-state index is -0.775. The fraction of sp³-hybridized carbons (Fsp3) is 0.167. The lowest BCUT2D eigenvalue weighted by atomic mass is 10.2. The van der Waals surface area contributed by atoms with Gasteiger partial charge in [-0.3, -0.25) is 0 Å². The Hall–Kier alpha value is -0.840. The zero-order valence-electron chi connectivity index (χ0n) is 9.45. The van der Waals surface area contributed by atoms with Crippen LogP contribution in [0.15, 0.2) is 29.2 Å². The minimum absolute atomic E-state index is 0.240. The van der Waals surface area contributed by atoms with Crippen molar-refractivity contribution in [3.63, 3.8) is 0 Å². The predicted octanol–water partition coefficient (Wildman–Crippen LogP) is 4.52. The lowest BCUT2D eigenvalue weighted by Crippen LogP contribution is -1.97. The van der Waals surface area contributed by atoms with Crippen molar-refractivity contribution in [1.82, 2.24) is 9.97 Å². The minimum Gasteiger partial charge on any atom is -0.217 e. The van der Waals surface area contributed by atoms with Crippen molar-refractivity contribution in [3.05, 3.63) is 51.8 Å².